The van der Waals surface area contributed by atoms with E-state index < -0.39 is 0 Å². The van der Waals surface area contributed by atoms with Crippen LogP contribution in [-0.4, -0.2) is 19.7 Å². The van der Waals surface area contributed by atoms with E-state index in [2.05, 4.69) is 15.2 Å². The first-order valence-corrected chi connectivity index (χ1v) is 6.53. The highest BCUT2D eigenvalue weighted by Gasteiger charge is 2.13. The van der Waals surface area contributed by atoms with Gasteiger partial charge >= 0.3 is 0 Å². The molecule has 0 aliphatic heterocycles. The van der Waals surface area contributed by atoms with E-state index in [0.29, 0.717) is 12.3 Å². The summed E-state index contributed by atoms with van der Waals surface area (Å²) in [4.78, 5) is 4.36. The number of hydrogen-bond acceptors (Lipinski definition) is 4. The topological polar surface area (TPSA) is 72.8 Å². The van der Waals surface area contributed by atoms with Gasteiger partial charge < -0.3 is 13.4 Å². The van der Waals surface area contributed by atoms with Crippen molar-refractivity contribution in [1.29, 1.82) is 0 Å². The van der Waals surface area contributed by atoms with Gasteiger partial charge in [0.25, 0.3) is 0 Å². The Morgan fingerprint density at radius 1 is 1.10 bits per heavy atom. The largest absolute Gasteiger partial charge is 0.467 e. The highest BCUT2D eigenvalue weighted by Crippen LogP contribution is 2.26. The molecule has 0 aliphatic rings. The van der Waals surface area contributed by atoms with Gasteiger partial charge in [-0.2, -0.15) is 5.10 Å². The number of rotatable bonds is 4. The normalized spacial score (nSPS) is 11.0. The van der Waals surface area contributed by atoms with Gasteiger partial charge in [0.1, 0.15) is 11.5 Å². The predicted octanol–water partition coefficient (Wildman–Crippen LogP) is 3.17. The number of hydrogen-bond donors (Lipinski definition) is 1. The van der Waals surface area contributed by atoms with Crippen molar-refractivity contribution in [3.05, 3.63) is 60.9 Å². The molecule has 0 aromatic carbocycles. The molecule has 0 fully saturated rings. The van der Waals surface area contributed by atoms with Crippen molar-refractivity contribution in [3.8, 4) is 23.0 Å². The van der Waals surface area contributed by atoms with E-state index in [1.54, 1.807) is 18.7 Å². The Labute approximate surface area is 120 Å². The maximum atomic E-state index is 5.85. The Hall–Kier alpha value is -3.02. The molecule has 0 radical (unpaired) electrons. The number of nitrogens with zero attached hydrogens (tertiary/aromatic N) is 3. The van der Waals surface area contributed by atoms with Crippen molar-refractivity contribution in [2.75, 3.05) is 0 Å². The molecular formula is C15H12N4O2. The van der Waals surface area contributed by atoms with E-state index in [4.69, 9.17) is 8.83 Å². The second-order valence-electron chi connectivity index (χ2n) is 4.59. The molecule has 104 valence electrons. The second kappa shape index (κ2) is 4.82. The van der Waals surface area contributed by atoms with Crippen LogP contribution in [0.2, 0.25) is 0 Å². The molecule has 21 heavy (non-hydrogen) atoms. The SMILES string of the molecule is c1coc(Cn2ccnc2-c2ccc(-c3ccn[nH]3)o2)c1. The van der Waals surface area contributed by atoms with Gasteiger partial charge in [0, 0.05) is 18.6 Å². The van der Waals surface area contributed by atoms with Gasteiger partial charge in [-0.1, -0.05) is 0 Å². The fraction of sp³-hybridized carbons (Fsp3) is 0.0667. The third kappa shape index (κ3) is 2.16. The predicted molar refractivity (Wildman–Crippen MR) is 75.3 cm³/mol. The molecule has 6 nitrogen and oxygen atoms in total. The van der Waals surface area contributed by atoms with Crippen LogP contribution in [0.15, 0.2) is 64.0 Å². The lowest BCUT2D eigenvalue weighted by Crippen LogP contribution is -1.99. The summed E-state index contributed by atoms with van der Waals surface area (Å²) in [6, 6.07) is 9.46. The lowest BCUT2D eigenvalue weighted by molar-refractivity contribution is 0.492. The van der Waals surface area contributed by atoms with E-state index in [-0.39, 0.29) is 0 Å². The van der Waals surface area contributed by atoms with Crippen molar-refractivity contribution in [2.45, 2.75) is 6.54 Å². The monoisotopic (exact) mass is 280 g/mol. The first-order chi connectivity index (χ1) is 10.4. The Morgan fingerprint density at radius 3 is 2.86 bits per heavy atom. The van der Waals surface area contributed by atoms with E-state index in [9.17, 15) is 0 Å². The molecule has 0 unspecified atom stereocenters. The van der Waals surface area contributed by atoms with Crippen LogP contribution in [-0.2, 0) is 6.54 Å². The molecule has 4 aromatic rings. The van der Waals surface area contributed by atoms with Crippen molar-refractivity contribution in [1.82, 2.24) is 19.7 Å². The van der Waals surface area contributed by atoms with Crippen molar-refractivity contribution < 1.29 is 8.83 Å². The van der Waals surface area contributed by atoms with Crippen LogP contribution in [0.5, 0.6) is 0 Å². The van der Waals surface area contributed by atoms with Crippen LogP contribution in [0, 0.1) is 0 Å². The zero-order valence-corrected chi connectivity index (χ0v) is 11.1. The zero-order valence-electron chi connectivity index (χ0n) is 11.1. The number of H-pyrrole nitrogens is 1. The van der Waals surface area contributed by atoms with Gasteiger partial charge in [-0.25, -0.2) is 4.98 Å². The Balaban J connectivity index is 1.67. The summed E-state index contributed by atoms with van der Waals surface area (Å²) in [5.74, 6) is 3.07. The number of aromatic amines is 1. The summed E-state index contributed by atoms with van der Waals surface area (Å²) in [5.41, 5.74) is 0.838. The fourth-order valence-corrected chi connectivity index (χ4v) is 2.23. The summed E-state index contributed by atoms with van der Waals surface area (Å²) in [6.07, 6.45) is 7.00. The average Bonchev–Trinajstić information content (AvgIpc) is 3.28. The fourth-order valence-electron chi connectivity index (χ4n) is 2.23. The van der Waals surface area contributed by atoms with Gasteiger partial charge in [0.05, 0.1) is 12.8 Å². The molecule has 0 bridgehead atoms. The summed E-state index contributed by atoms with van der Waals surface area (Å²) in [6.45, 7) is 0.614. The van der Waals surface area contributed by atoms with Crippen LogP contribution in [0.25, 0.3) is 23.0 Å². The highest BCUT2D eigenvalue weighted by molar-refractivity contribution is 5.58. The van der Waals surface area contributed by atoms with Gasteiger partial charge in [-0.3, -0.25) is 5.10 Å². The number of furan rings is 2. The molecule has 0 atom stereocenters. The molecule has 4 aromatic heterocycles. The van der Waals surface area contributed by atoms with Crippen LogP contribution >= 0.6 is 0 Å². The molecule has 0 spiro atoms. The van der Waals surface area contributed by atoms with E-state index in [0.717, 1.165) is 23.0 Å². The summed E-state index contributed by atoms with van der Waals surface area (Å²) in [7, 11) is 0. The summed E-state index contributed by atoms with van der Waals surface area (Å²) in [5, 5.41) is 6.80. The first kappa shape index (κ1) is 11.8. The Morgan fingerprint density at radius 2 is 2.05 bits per heavy atom. The van der Waals surface area contributed by atoms with Gasteiger partial charge in [0.15, 0.2) is 17.3 Å². The maximum absolute atomic E-state index is 5.85. The Kier molecular flexibility index (Phi) is 2.71. The number of imidazole rings is 1. The third-order valence-electron chi connectivity index (χ3n) is 3.21. The minimum atomic E-state index is 0.614. The Bertz CT molecular complexity index is 825. The number of nitrogens with one attached hydrogen (secondary N) is 1. The third-order valence-corrected chi connectivity index (χ3v) is 3.21. The van der Waals surface area contributed by atoms with Crippen molar-refractivity contribution >= 4 is 0 Å². The molecule has 4 heterocycles. The van der Waals surface area contributed by atoms with Crippen molar-refractivity contribution in [3.63, 3.8) is 0 Å². The van der Waals surface area contributed by atoms with Gasteiger partial charge in [-0.05, 0) is 30.3 Å². The molecule has 1 N–H and O–H groups in total. The molecule has 0 aliphatic carbocycles. The average molecular weight is 280 g/mol. The van der Waals surface area contributed by atoms with Crippen LogP contribution in [0.4, 0.5) is 0 Å². The molecule has 0 saturated heterocycles. The van der Waals surface area contributed by atoms with Crippen molar-refractivity contribution in [2.24, 2.45) is 0 Å². The van der Waals surface area contributed by atoms with Gasteiger partial charge in [0.2, 0.25) is 0 Å². The quantitative estimate of drug-likeness (QED) is 0.623. The summed E-state index contributed by atoms with van der Waals surface area (Å²) < 4.78 is 13.2. The molecular weight excluding hydrogens is 268 g/mol. The standard InChI is InChI=1S/C15H12N4O2/c1-2-11(20-9-1)10-19-8-7-16-15(19)14-4-3-13(21-14)12-5-6-17-18-12/h1-9H,10H2,(H,17,18). The lowest BCUT2D eigenvalue weighted by Gasteiger charge is -2.03. The van der Waals surface area contributed by atoms with Gasteiger partial charge in [-0.15, -0.1) is 0 Å². The highest BCUT2D eigenvalue weighted by atomic mass is 16.3. The van der Waals surface area contributed by atoms with E-state index in [1.807, 2.05) is 41.1 Å². The van der Waals surface area contributed by atoms with E-state index in [1.165, 1.54) is 0 Å². The molecule has 4 rings (SSSR count). The van der Waals surface area contributed by atoms with Crippen LogP contribution in [0.1, 0.15) is 5.76 Å². The lowest BCUT2D eigenvalue weighted by atomic mass is 10.3. The van der Waals surface area contributed by atoms with Crippen LogP contribution < -0.4 is 0 Å². The molecule has 0 saturated carbocycles. The minimum Gasteiger partial charge on any atom is -0.467 e. The molecule has 6 heteroatoms. The maximum Gasteiger partial charge on any atom is 0.176 e. The van der Waals surface area contributed by atoms with E-state index >= 15 is 0 Å². The smallest absolute Gasteiger partial charge is 0.176 e. The van der Waals surface area contributed by atoms with Crippen LogP contribution in [0.3, 0.4) is 0 Å². The molecule has 0 amide bonds. The number of aromatic nitrogens is 4. The second-order valence-corrected chi connectivity index (χ2v) is 4.59. The minimum absolute atomic E-state index is 0.614. The zero-order chi connectivity index (χ0) is 14.1. The summed E-state index contributed by atoms with van der Waals surface area (Å²) >= 11 is 0. The first-order valence-electron chi connectivity index (χ1n) is 6.53.